The Balaban J connectivity index is 2.01. The number of nitrogens with one attached hydrogen (secondary N) is 2. The van der Waals surface area contributed by atoms with E-state index in [1.807, 2.05) is 13.0 Å². The summed E-state index contributed by atoms with van der Waals surface area (Å²) in [7, 11) is -1.83. The summed E-state index contributed by atoms with van der Waals surface area (Å²) in [5.41, 5.74) is 2.16. The lowest BCUT2D eigenvalue weighted by Crippen LogP contribution is -2.26. The molecule has 0 unspecified atom stereocenters. The molecule has 0 heterocycles. The van der Waals surface area contributed by atoms with E-state index in [0.29, 0.717) is 30.5 Å². The zero-order valence-electron chi connectivity index (χ0n) is 12.7. The van der Waals surface area contributed by atoms with Crippen molar-refractivity contribution in [3.05, 3.63) is 29.3 Å². The summed E-state index contributed by atoms with van der Waals surface area (Å²) >= 11 is 0. The van der Waals surface area contributed by atoms with Crippen molar-refractivity contribution >= 4 is 10.0 Å². The summed E-state index contributed by atoms with van der Waals surface area (Å²) in [6, 6.07) is 5.91. The number of hydrogen-bond acceptors (Lipinski definition) is 4. The SMILES string of the molecule is COCCCNS(=O)(=O)c1ccc(C)c(CNC2CC2)c1. The molecule has 0 saturated heterocycles. The first-order valence-electron chi connectivity index (χ1n) is 7.34. The number of ether oxygens (including phenoxy) is 1. The van der Waals surface area contributed by atoms with Crippen LogP contribution >= 0.6 is 0 Å². The maximum Gasteiger partial charge on any atom is 0.240 e. The molecular weight excluding hydrogens is 288 g/mol. The van der Waals surface area contributed by atoms with Crippen LogP contribution in [0.4, 0.5) is 0 Å². The zero-order chi connectivity index (χ0) is 15.3. The van der Waals surface area contributed by atoms with Gasteiger partial charge in [-0.15, -0.1) is 0 Å². The van der Waals surface area contributed by atoms with Crippen LogP contribution in [0.15, 0.2) is 23.1 Å². The predicted molar refractivity (Wildman–Crippen MR) is 82.7 cm³/mol. The zero-order valence-corrected chi connectivity index (χ0v) is 13.5. The Kier molecular flexibility index (Phi) is 5.75. The molecule has 5 nitrogen and oxygen atoms in total. The van der Waals surface area contributed by atoms with Gasteiger partial charge in [-0.1, -0.05) is 6.07 Å². The van der Waals surface area contributed by atoms with Crippen LogP contribution in [0.25, 0.3) is 0 Å². The predicted octanol–water partition coefficient (Wildman–Crippen LogP) is 1.56. The number of sulfonamides is 1. The van der Waals surface area contributed by atoms with Crippen molar-refractivity contribution in [3.63, 3.8) is 0 Å². The molecule has 2 N–H and O–H groups in total. The summed E-state index contributed by atoms with van der Waals surface area (Å²) in [4.78, 5) is 0.332. The Morgan fingerprint density at radius 2 is 2.10 bits per heavy atom. The molecule has 0 spiro atoms. The monoisotopic (exact) mass is 312 g/mol. The molecule has 0 aliphatic heterocycles. The van der Waals surface area contributed by atoms with Crippen LogP contribution in [0.3, 0.4) is 0 Å². The van der Waals surface area contributed by atoms with Gasteiger partial charge in [0.2, 0.25) is 10.0 Å². The molecule has 0 amide bonds. The molecule has 1 saturated carbocycles. The molecular formula is C15H24N2O3S. The third kappa shape index (κ3) is 5.07. The molecule has 0 bridgehead atoms. The van der Waals surface area contributed by atoms with Gasteiger partial charge in [0.1, 0.15) is 0 Å². The number of benzene rings is 1. The van der Waals surface area contributed by atoms with E-state index in [2.05, 4.69) is 10.0 Å². The number of aryl methyl sites for hydroxylation is 1. The highest BCUT2D eigenvalue weighted by Crippen LogP contribution is 2.21. The first-order chi connectivity index (χ1) is 10.0. The van der Waals surface area contributed by atoms with Crippen LogP contribution in [0, 0.1) is 6.92 Å². The van der Waals surface area contributed by atoms with Crippen LogP contribution in [0.5, 0.6) is 0 Å². The van der Waals surface area contributed by atoms with Crippen molar-refractivity contribution in [1.82, 2.24) is 10.0 Å². The van der Waals surface area contributed by atoms with E-state index >= 15 is 0 Å². The highest BCUT2D eigenvalue weighted by atomic mass is 32.2. The van der Waals surface area contributed by atoms with E-state index in [-0.39, 0.29) is 0 Å². The lowest BCUT2D eigenvalue weighted by Gasteiger charge is -2.11. The standard InChI is InChI=1S/C15H24N2O3S/c1-12-4-7-15(10-13(12)11-16-14-5-6-14)21(18,19)17-8-3-9-20-2/h4,7,10,14,16-17H,3,5-6,8-9,11H2,1-2H3. The van der Waals surface area contributed by atoms with Crippen molar-refractivity contribution in [2.24, 2.45) is 0 Å². The summed E-state index contributed by atoms with van der Waals surface area (Å²) < 4.78 is 32.0. The van der Waals surface area contributed by atoms with Gasteiger partial charge in [-0.3, -0.25) is 0 Å². The van der Waals surface area contributed by atoms with Gasteiger partial charge in [0, 0.05) is 32.8 Å². The van der Waals surface area contributed by atoms with Gasteiger partial charge in [0.15, 0.2) is 0 Å². The van der Waals surface area contributed by atoms with E-state index in [1.54, 1.807) is 19.2 Å². The molecule has 118 valence electrons. The molecule has 2 rings (SSSR count). The molecule has 1 aromatic rings. The molecule has 0 atom stereocenters. The maximum atomic E-state index is 12.2. The largest absolute Gasteiger partial charge is 0.385 e. The van der Waals surface area contributed by atoms with Gasteiger partial charge in [0.25, 0.3) is 0 Å². The van der Waals surface area contributed by atoms with Crippen molar-refractivity contribution in [3.8, 4) is 0 Å². The van der Waals surface area contributed by atoms with Crippen molar-refractivity contribution in [2.75, 3.05) is 20.3 Å². The van der Waals surface area contributed by atoms with E-state index < -0.39 is 10.0 Å². The molecule has 1 aliphatic carbocycles. The molecule has 1 aliphatic rings. The second-order valence-corrected chi connectivity index (χ2v) is 7.25. The maximum absolute atomic E-state index is 12.2. The third-order valence-corrected chi connectivity index (χ3v) is 5.07. The van der Waals surface area contributed by atoms with Crippen LogP contribution in [0.1, 0.15) is 30.4 Å². The Morgan fingerprint density at radius 1 is 1.33 bits per heavy atom. The second kappa shape index (κ2) is 7.35. The topological polar surface area (TPSA) is 67.4 Å². The minimum Gasteiger partial charge on any atom is -0.385 e. The van der Waals surface area contributed by atoms with Gasteiger partial charge in [0.05, 0.1) is 4.90 Å². The molecule has 21 heavy (non-hydrogen) atoms. The molecule has 6 heteroatoms. The number of hydrogen-bond donors (Lipinski definition) is 2. The van der Waals surface area contributed by atoms with Crippen molar-refractivity contribution < 1.29 is 13.2 Å². The molecule has 0 aromatic heterocycles. The fourth-order valence-corrected chi connectivity index (χ4v) is 3.18. The first-order valence-corrected chi connectivity index (χ1v) is 8.83. The van der Waals surface area contributed by atoms with E-state index in [9.17, 15) is 8.42 Å². The Morgan fingerprint density at radius 3 is 2.76 bits per heavy atom. The van der Waals surface area contributed by atoms with Crippen LogP contribution in [-0.2, 0) is 21.3 Å². The van der Waals surface area contributed by atoms with Gasteiger partial charge >= 0.3 is 0 Å². The third-order valence-electron chi connectivity index (χ3n) is 3.61. The van der Waals surface area contributed by atoms with Crippen LogP contribution in [0.2, 0.25) is 0 Å². The quantitative estimate of drug-likeness (QED) is 0.679. The van der Waals surface area contributed by atoms with E-state index in [4.69, 9.17) is 4.74 Å². The molecule has 1 fully saturated rings. The van der Waals surface area contributed by atoms with Crippen molar-refractivity contribution in [2.45, 2.75) is 43.7 Å². The van der Waals surface area contributed by atoms with E-state index in [0.717, 1.165) is 17.7 Å². The Labute approximate surface area is 127 Å². The minimum absolute atomic E-state index is 0.332. The lowest BCUT2D eigenvalue weighted by atomic mass is 10.1. The summed E-state index contributed by atoms with van der Waals surface area (Å²) in [6.07, 6.45) is 3.11. The Hall–Kier alpha value is -0.950. The molecule has 0 radical (unpaired) electrons. The van der Waals surface area contributed by atoms with Crippen molar-refractivity contribution in [1.29, 1.82) is 0 Å². The average molecular weight is 312 g/mol. The lowest BCUT2D eigenvalue weighted by molar-refractivity contribution is 0.196. The highest BCUT2D eigenvalue weighted by Gasteiger charge is 2.21. The Bertz CT molecular complexity index is 568. The van der Waals surface area contributed by atoms with Crippen LogP contribution < -0.4 is 10.0 Å². The van der Waals surface area contributed by atoms with Gasteiger partial charge in [-0.25, -0.2) is 13.1 Å². The fraction of sp³-hybridized carbons (Fsp3) is 0.600. The second-order valence-electron chi connectivity index (χ2n) is 5.49. The van der Waals surface area contributed by atoms with Crippen LogP contribution in [-0.4, -0.2) is 34.7 Å². The number of rotatable bonds is 9. The average Bonchev–Trinajstić information content (AvgIpc) is 3.27. The summed E-state index contributed by atoms with van der Waals surface area (Å²) in [5, 5.41) is 3.42. The minimum atomic E-state index is -3.44. The van der Waals surface area contributed by atoms with Gasteiger partial charge in [-0.05, 0) is 49.4 Å². The van der Waals surface area contributed by atoms with Gasteiger partial charge < -0.3 is 10.1 Å². The van der Waals surface area contributed by atoms with E-state index in [1.165, 1.54) is 12.8 Å². The normalized spacial score (nSPS) is 15.3. The summed E-state index contributed by atoms with van der Waals surface area (Å²) in [6.45, 7) is 3.67. The fourth-order valence-electron chi connectivity index (χ4n) is 2.05. The molecule has 1 aromatic carbocycles. The smallest absolute Gasteiger partial charge is 0.240 e. The highest BCUT2D eigenvalue weighted by molar-refractivity contribution is 7.89. The number of methoxy groups -OCH3 is 1. The van der Waals surface area contributed by atoms with Gasteiger partial charge in [-0.2, -0.15) is 0 Å². The first kappa shape index (κ1) is 16.4. The summed E-state index contributed by atoms with van der Waals surface area (Å²) in [5.74, 6) is 0.